The first-order chi connectivity index (χ1) is 15.4. The number of piperidine rings is 1. The highest BCUT2D eigenvalue weighted by molar-refractivity contribution is 5.69. The molecule has 7 atom stereocenters. The van der Waals surface area contributed by atoms with E-state index in [-0.39, 0.29) is 17.9 Å². The molecule has 8 heteroatoms. The van der Waals surface area contributed by atoms with E-state index in [0.717, 1.165) is 64.6 Å². The summed E-state index contributed by atoms with van der Waals surface area (Å²) in [6.45, 7) is 5.65. The van der Waals surface area contributed by atoms with Crippen molar-refractivity contribution in [1.29, 1.82) is 0 Å². The summed E-state index contributed by atoms with van der Waals surface area (Å²) in [6.07, 6.45) is 4.90. The van der Waals surface area contributed by atoms with E-state index < -0.39 is 18.3 Å². The second kappa shape index (κ2) is 11.1. The summed E-state index contributed by atoms with van der Waals surface area (Å²) in [6, 6.07) is 0.494. The summed E-state index contributed by atoms with van der Waals surface area (Å²) in [7, 11) is 0. The predicted molar refractivity (Wildman–Crippen MR) is 119 cm³/mol. The van der Waals surface area contributed by atoms with Crippen LogP contribution in [0.15, 0.2) is 0 Å². The van der Waals surface area contributed by atoms with Crippen molar-refractivity contribution in [3.8, 4) is 0 Å². The predicted octanol–water partition coefficient (Wildman–Crippen LogP) is 2.97. The summed E-state index contributed by atoms with van der Waals surface area (Å²) < 4.78 is 33.7. The number of carboxylic acids is 1. The molecule has 0 amide bonds. The highest BCUT2D eigenvalue weighted by atomic mass is 19.2. The van der Waals surface area contributed by atoms with Crippen molar-refractivity contribution in [1.82, 2.24) is 15.5 Å². The number of carbonyl (C=O) groups is 1. The van der Waals surface area contributed by atoms with E-state index in [1.807, 2.05) is 0 Å². The lowest BCUT2D eigenvalue weighted by molar-refractivity contribution is -0.142. The van der Waals surface area contributed by atoms with Crippen molar-refractivity contribution in [2.45, 2.75) is 88.9 Å². The molecule has 0 aromatic heterocycles. The second-order valence-electron chi connectivity index (χ2n) is 10.7. The number of nitrogens with zero attached hydrogens (tertiary/aromatic N) is 1. The van der Waals surface area contributed by atoms with E-state index in [1.54, 1.807) is 6.92 Å². The number of hydrogen-bond acceptors (Lipinski definition) is 5. The van der Waals surface area contributed by atoms with E-state index in [1.165, 1.54) is 0 Å². The highest BCUT2D eigenvalue weighted by Gasteiger charge is 2.39. The Morgan fingerprint density at radius 1 is 1.12 bits per heavy atom. The number of alkyl halides is 2. The maximum atomic E-state index is 14.1. The Labute approximate surface area is 190 Å². The molecule has 2 saturated heterocycles. The first-order valence-corrected chi connectivity index (χ1v) is 12.7. The molecular weight excluding hydrogens is 416 g/mol. The number of carboxylic acid groups (broad SMARTS) is 1. The summed E-state index contributed by atoms with van der Waals surface area (Å²) >= 11 is 0. The number of hydrogen-bond donors (Lipinski definition) is 3. The van der Waals surface area contributed by atoms with Gasteiger partial charge in [0.15, 0.2) is 0 Å². The first kappa shape index (κ1) is 24.3. The fourth-order valence-corrected chi connectivity index (χ4v) is 6.25. The van der Waals surface area contributed by atoms with Crippen LogP contribution in [-0.4, -0.2) is 79.4 Å². The van der Waals surface area contributed by atoms with Crippen molar-refractivity contribution in [3.63, 3.8) is 0 Å². The normalized spacial score (nSPS) is 42.2. The van der Waals surface area contributed by atoms with Crippen molar-refractivity contribution >= 4 is 5.97 Å². The second-order valence-corrected chi connectivity index (χ2v) is 10.7. The van der Waals surface area contributed by atoms with Crippen LogP contribution in [0.1, 0.15) is 58.3 Å². The smallest absolute Gasteiger partial charge is 0.307 e. The highest BCUT2D eigenvalue weighted by Crippen LogP contribution is 2.33. The van der Waals surface area contributed by atoms with Crippen LogP contribution in [0.3, 0.4) is 0 Å². The van der Waals surface area contributed by atoms with E-state index in [0.29, 0.717) is 43.6 Å². The SMILES string of the molecule is CC(CN1CCC2NC(C3CCC(OCC4CCCC(F)C4F)CC3)NCC2C1)C(=O)O. The molecule has 0 radical (unpaired) electrons. The molecule has 3 N–H and O–H groups in total. The van der Waals surface area contributed by atoms with Gasteiger partial charge in [-0.1, -0.05) is 6.92 Å². The Morgan fingerprint density at radius 3 is 2.66 bits per heavy atom. The molecule has 4 rings (SSSR count). The molecule has 7 unspecified atom stereocenters. The standard InChI is InChI=1S/C24H41F2N3O3/c1-15(24(30)31)12-29-10-9-21-18(13-29)11-27-23(28-21)16-5-7-19(8-6-16)32-14-17-3-2-4-20(25)22(17)26/h15-23,27-28H,2-14H2,1H3,(H,30,31). The van der Waals surface area contributed by atoms with E-state index in [4.69, 9.17) is 4.74 Å². The fraction of sp³-hybridized carbons (Fsp3) is 0.958. The van der Waals surface area contributed by atoms with Crippen LogP contribution in [0, 0.1) is 23.7 Å². The minimum absolute atomic E-state index is 0.175. The van der Waals surface area contributed by atoms with Crippen molar-refractivity contribution in [3.05, 3.63) is 0 Å². The van der Waals surface area contributed by atoms with Crippen LogP contribution in [0.25, 0.3) is 0 Å². The maximum Gasteiger partial charge on any atom is 0.307 e. The van der Waals surface area contributed by atoms with E-state index in [9.17, 15) is 18.7 Å². The Bertz CT molecular complexity index is 619. The summed E-state index contributed by atoms with van der Waals surface area (Å²) in [5.74, 6) is -0.238. The van der Waals surface area contributed by atoms with Gasteiger partial charge in [-0.05, 0) is 69.7 Å². The van der Waals surface area contributed by atoms with Crippen LogP contribution in [-0.2, 0) is 9.53 Å². The summed E-state index contributed by atoms with van der Waals surface area (Å²) in [5, 5.41) is 16.7. The van der Waals surface area contributed by atoms with Gasteiger partial charge in [0.25, 0.3) is 0 Å². The average molecular weight is 458 g/mol. The first-order valence-electron chi connectivity index (χ1n) is 12.7. The molecule has 4 aliphatic rings. The van der Waals surface area contributed by atoms with Crippen LogP contribution in [0.2, 0.25) is 0 Å². The van der Waals surface area contributed by atoms with Crippen molar-refractivity contribution in [2.75, 3.05) is 32.8 Å². The molecule has 6 nitrogen and oxygen atoms in total. The van der Waals surface area contributed by atoms with Gasteiger partial charge in [0.2, 0.25) is 0 Å². The molecule has 32 heavy (non-hydrogen) atoms. The molecule has 0 bridgehead atoms. The zero-order chi connectivity index (χ0) is 22.7. The van der Waals surface area contributed by atoms with Gasteiger partial charge < -0.3 is 20.1 Å². The summed E-state index contributed by atoms with van der Waals surface area (Å²) in [5.41, 5.74) is 0. The number of fused-ring (bicyclic) bond motifs is 1. The van der Waals surface area contributed by atoms with E-state index in [2.05, 4.69) is 15.5 Å². The monoisotopic (exact) mass is 457 g/mol. The average Bonchev–Trinajstić information content (AvgIpc) is 2.80. The molecule has 2 saturated carbocycles. The Balaban J connectivity index is 1.16. The minimum Gasteiger partial charge on any atom is -0.481 e. The number of likely N-dealkylation sites (tertiary alicyclic amines) is 1. The van der Waals surface area contributed by atoms with Gasteiger partial charge in [-0.25, -0.2) is 8.78 Å². The molecule has 4 fully saturated rings. The number of ether oxygens (including phenoxy) is 1. The maximum absolute atomic E-state index is 14.1. The largest absolute Gasteiger partial charge is 0.481 e. The topological polar surface area (TPSA) is 73.8 Å². The number of rotatable bonds is 7. The zero-order valence-corrected chi connectivity index (χ0v) is 19.4. The number of nitrogens with one attached hydrogen (secondary N) is 2. The Hall–Kier alpha value is -0.830. The molecule has 2 aliphatic heterocycles. The fourth-order valence-electron chi connectivity index (χ4n) is 6.25. The molecule has 2 heterocycles. The zero-order valence-electron chi connectivity index (χ0n) is 19.4. The van der Waals surface area contributed by atoms with Crippen LogP contribution >= 0.6 is 0 Å². The lowest BCUT2D eigenvalue weighted by Gasteiger charge is -2.47. The number of aliphatic carboxylic acids is 1. The Kier molecular flexibility index (Phi) is 8.40. The lowest BCUT2D eigenvalue weighted by atomic mass is 9.81. The van der Waals surface area contributed by atoms with Gasteiger partial charge in [-0.2, -0.15) is 0 Å². The molecule has 184 valence electrons. The van der Waals surface area contributed by atoms with E-state index >= 15 is 0 Å². The minimum atomic E-state index is -1.36. The molecular formula is C24H41F2N3O3. The van der Waals surface area contributed by atoms with Crippen LogP contribution in [0.4, 0.5) is 8.78 Å². The van der Waals surface area contributed by atoms with Gasteiger partial charge in [0.05, 0.1) is 24.8 Å². The summed E-state index contributed by atoms with van der Waals surface area (Å²) in [4.78, 5) is 13.5. The van der Waals surface area contributed by atoms with Gasteiger partial charge in [0, 0.05) is 31.6 Å². The molecule has 0 spiro atoms. The van der Waals surface area contributed by atoms with Gasteiger partial charge in [-0.15, -0.1) is 0 Å². The van der Waals surface area contributed by atoms with Crippen molar-refractivity contribution in [2.24, 2.45) is 23.7 Å². The molecule has 0 aromatic rings. The Morgan fingerprint density at radius 2 is 1.91 bits per heavy atom. The third kappa shape index (κ3) is 5.99. The third-order valence-electron chi connectivity index (χ3n) is 8.35. The quantitative estimate of drug-likeness (QED) is 0.546. The van der Waals surface area contributed by atoms with Crippen LogP contribution < -0.4 is 10.6 Å². The van der Waals surface area contributed by atoms with Crippen LogP contribution in [0.5, 0.6) is 0 Å². The third-order valence-corrected chi connectivity index (χ3v) is 8.35. The van der Waals surface area contributed by atoms with Gasteiger partial charge in [0.1, 0.15) is 12.3 Å². The van der Waals surface area contributed by atoms with Gasteiger partial charge >= 0.3 is 5.97 Å². The molecule has 2 aliphatic carbocycles. The lowest BCUT2D eigenvalue weighted by Crippen LogP contribution is -2.65. The number of halogens is 2. The molecule has 0 aromatic carbocycles. The van der Waals surface area contributed by atoms with Gasteiger partial charge in [-0.3, -0.25) is 10.1 Å². The van der Waals surface area contributed by atoms with Crippen molar-refractivity contribution < 1.29 is 23.4 Å².